The first-order valence-corrected chi connectivity index (χ1v) is 9.04. The molecule has 0 aliphatic rings. The normalized spacial score (nSPS) is 12.3. The van der Waals surface area contributed by atoms with Crippen LogP contribution in [0.4, 0.5) is 26.3 Å². The van der Waals surface area contributed by atoms with Crippen LogP contribution in [0, 0.1) is 0 Å². The van der Waals surface area contributed by atoms with Crippen molar-refractivity contribution < 1.29 is 35.9 Å². The van der Waals surface area contributed by atoms with Gasteiger partial charge in [-0.1, -0.05) is 36.4 Å². The lowest BCUT2D eigenvalue weighted by atomic mass is 10.1. The molecule has 0 saturated heterocycles. The molecular weight excluding hydrogens is 428 g/mol. The van der Waals surface area contributed by atoms with Crippen molar-refractivity contribution in [1.82, 2.24) is 14.9 Å². The molecule has 0 aliphatic heterocycles. The second kappa shape index (κ2) is 8.96. The standard InChI is InChI=1S/C20H17F6N3O2/c21-19(22,23)12-31-11-14-7-5-13(6-8-14)9-27-17(30)10-29-16-4-2-1-3-15(16)28-18(29)20(24,25)26/h1-8H,9-12H2,(H,27,30). The number of carbonyl (C=O) groups is 1. The summed E-state index contributed by atoms with van der Waals surface area (Å²) in [5.41, 5.74) is 1.46. The Morgan fingerprint density at radius 1 is 0.968 bits per heavy atom. The van der Waals surface area contributed by atoms with E-state index in [0.717, 1.165) is 4.57 Å². The van der Waals surface area contributed by atoms with E-state index >= 15 is 0 Å². The Bertz CT molecular complexity index is 1040. The van der Waals surface area contributed by atoms with Gasteiger partial charge < -0.3 is 14.6 Å². The molecule has 0 saturated carbocycles. The molecule has 0 radical (unpaired) electrons. The van der Waals surface area contributed by atoms with Crippen molar-refractivity contribution in [2.24, 2.45) is 0 Å². The zero-order valence-corrected chi connectivity index (χ0v) is 15.9. The first kappa shape index (κ1) is 22.6. The van der Waals surface area contributed by atoms with E-state index in [4.69, 9.17) is 0 Å². The molecular formula is C20H17F6N3O2. The van der Waals surface area contributed by atoms with Gasteiger partial charge in [-0.15, -0.1) is 0 Å². The van der Waals surface area contributed by atoms with Gasteiger partial charge in [-0.25, -0.2) is 4.98 Å². The highest BCUT2D eigenvalue weighted by Gasteiger charge is 2.38. The van der Waals surface area contributed by atoms with Crippen molar-refractivity contribution in [1.29, 1.82) is 0 Å². The summed E-state index contributed by atoms with van der Waals surface area (Å²) in [6.45, 7) is -2.11. The minimum absolute atomic E-state index is 0.0382. The van der Waals surface area contributed by atoms with Crippen LogP contribution in [0.25, 0.3) is 11.0 Å². The number of imidazole rings is 1. The van der Waals surface area contributed by atoms with E-state index in [0.29, 0.717) is 11.1 Å². The summed E-state index contributed by atoms with van der Waals surface area (Å²) in [5, 5.41) is 2.53. The van der Waals surface area contributed by atoms with Gasteiger partial charge in [-0.2, -0.15) is 26.3 Å². The lowest BCUT2D eigenvalue weighted by Gasteiger charge is -2.12. The van der Waals surface area contributed by atoms with Gasteiger partial charge in [-0.05, 0) is 23.3 Å². The molecule has 1 N–H and O–H groups in total. The Balaban J connectivity index is 1.60. The van der Waals surface area contributed by atoms with Crippen molar-refractivity contribution in [3.05, 3.63) is 65.5 Å². The summed E-state index contributed by atoms with van der Waals surface area (Å²) in [4.78, 5) is 15.8. The molecule has 1 heterocycles. The number of rotatable bonds is 7. The van der Waals surface area contributed by atoms with E-state index in [1.165, 1.54) is 12.1 Å². The lowest BCUT2D eigenvalue weighted by Crippen LogP contribution is -2.29. The Kier molecular flexibility index (Phi) is 6.54. The average molecular weight is 445 g/mol. The summed E-state index contributed by atoms with van der Waals surface area (Å²) in [6, 6.07) is 12.2. The third-order valence-corrected chi connectivity index (χ3v) is 4.26. The topological polar surface area (TPSA) is 56.2 Å². The Morgan fingerprint density at radius 2 is 1.61 bits per heavy atom. The number of amides is 1. The van der Waals surface area contributed by atoms with E-state index in [1.54, 1.807) is 36.4 Å². The van der Waals surface area contributed by atoms with Crippen molar-refractivity contribution in [2.75, 3.05) is 6.61 Å². The Hall–Kier alpha value is -3.08. The number of nitrogens with zero attached hydrogens (tertiary/aromatic N) is 2. The van der Waals surface area contributed by atoms with Gasteiger partial charge in [0.05, 0.1) is 17.6 Å². The van der Waals surface area contributed by atoms with Gasteiger partial charge in [0.2, 0.25) is 11.7 Å². The molecule has 5 nitrogen and oxygen atoms in total. The zero-order valence-electron chi connectivity index (χ0n) is 15.9. The number of para-hydroxylation sites is 2. The van der Waals surface area contributed by atoms with Crippen LogP contribution < -0.4 is 5.32 Å². The molecule has 166 valence electrons. The number of ether oxygens (including phenoxy) is 1. The fourth-order valence-corrected chi connectivity index (χ4v) is 2.89. The van der Waals surface area contributed by atoms with Gasteiger partial charge in [-0.3, -0.25) is 4.79 Å². The predicted octanol–water partition coefficient (Wildman–Crippen LogP) is 4.45. The molecule has 31 heavy (non-hydrogen) atoms. The molecule has 1 amide bonds. The monoisotopic (exact) mass is 445 g/mol. The highest BCUT2D eigenvalue weighted by atomic mass is 19.4. The maximum absolute atomic E-state index is 13.3. The molecule has 1 aromatic heterocycles. The van der Waals surface area contributed by atoms with Crippen molar-refractivity contribution >= 4 is 16.9 Å². The minimum atomic E-state index is -4.72. The fraction of sp³-hybridized carbons (Fsp3) is 0.300. The van der Waals surface area contributed by atoms with E-state index in [1.807, 2.05) is 0 Å². The number of hydrogen-bond donors (Lipinski definition) is 1. The van der Waals surface area contributed by atoms with Crippen molar-refractivity contribution in [3.8, 4) is 0 Å². The van der Waals surface area contributed by atoms with Crippen LogP contribution in [0.1, 0.15) is 17.0 Å². The number of alkyl halides is 6. The Morgan fingerprint density at radius 3 is 2.26 bits per heavy atom. The highest BCUT2D eigenvalue weighted by molar-refractivity contribution is 5.81. The van der Waals surface area contributed by atoms with Crippen LogP contribution >= 0.6 is 0 Å². The van der Waals surface area contributed by atoms with Crippen LogP contribution in [0.3, 0.4) is 0 Å². The van der Waals surface area contributed by atoms with Crippen LogP contribution in [0.15, 0.2) is 48.5 Å². The fourth-order valence-electron chi connectivity index (χ4n) is 2.89. The third kappa shape index (κ3) is 6.20. The van der Waals surface area contributed by atoms with Gasteiger partial charge in [0.25, 0.3) is 0 Å². The second-order valence-electron chi connectivity index (χ2n) is 6.71. The van der Waals surface area contributed by atoms with E-state index < -0.39 is 37.2 Å². The number of benzene rings is 2. The molecule has 0 bridgehead atoms. The smallest absolute Gasteiger partial charge is 0.367 e. The number of fused-ring (bicyclic) bond motifs is 1. The number of nitrogens with one attached hydrogen (secondary N) is 1. The van der Waals surface area contributed by atoms with Gasteiger partial charge in [0.1, 0.15) is 13.2 Å². The first-order valence-electron chi connectivity index (χ1n) is 9.04. The third-order valence-electron chi connectivity index (χ3n) is 4.26. The molecule has 0 spiro atoms. The van der Waals surface area contributed by atoms with Gasteiger partial charge >= 0.3 is 12.4 Å². The summed E-state index contributed by atoms with van der Waals surface area (Å²) in [7, 11) is 0. The number of aromatic nitrogens is 2. The maximum atomic E-state index is 13.3. The number of carbonyl (C=O) groups excluding carboxylic acids is 1. The summed E-state index contributed by atoms with van der Waals surface area (Å²) < 4.78 is 81.5. The first-order chi connectivity index (χ1) is 14.5. The number of halogens is 6. The second-order valence-corrected chi connectivity index (χ2v) is 6.71. The van der Waals surface area contributed by atoms with Crippen molar-refractivity contribution in [3.63, 3.8) is 0 Å². The number of hydrogen-bond acceptors (Lipinski definition) is 3. The van der Waals surface area contributed by atoms with Crippen LogP contribution in [0.2, 0.25) is 0 Å². The van der Waals surface area contributed by atoms with Crippen molar-refractivity contribution in [2.45, 2.75) is 32.0 Å². The van der Waals surface area contributed by atoms with Gasteiger partial charge in [0, 0.05) is 6.54 Å². The van der Waals surface area contributed by atoms with E-state index in [2.05, 4.69) is 15.0 Å². The molecule has 0 fully saturated rings. The molecule has 2 aromatic carbocycles. The van der Waals surface area contributed by atoms with Gasteiger partial charge in [0.15, 0.2) is 0 Å². The highest BCUT2D eigenvalue weighted by Crippen LogP contribution is 2.31. The molecule has 11 heteroatoms. The average Bonchev–Trinajstić information content (AvgIpc) is 3.05. The lowest BCUT2D eigenvalue weighted by molar-refractivity contribution is -0.176. The van der Waals surface area contributed by atoms with E-state index in [9.17, 15) is 31.1 Å². The van der Waals surface area contributed by atoms with Crippen LogP contribution in [-0.2, 0) is 35.4 Å². The SMILES string of the molecule is O=C(Cn1c(C(F)(F)F)nc2ccccc21)NCc1ccc(COCC(F)(F)F)cc1. The summed E-state index contributed by atoms with van der Waals surface area (Å²) in [6.07, 6.45) is -9.12. The molecule has 0 aliphatic carbocycles. The summed E-state index contributed by atoms with van der Waals surface area (Å²) >= 11 is 0. The van der Waals surface area contributed by atoms with E-state index in [-0.39, 0.29) is 24.2 Å². The molecule has 0 atom stereocenters. The summed E-state index contributed by atoms with van der Waals surface area (Å²) in [5.74, 6) is -1.81. The minimum Gasteiger partial charge on any atom is -0.367 e. The van der Waals surface area contributed by atoms with Crippen LogP contribution in [-0.4, -0.2) is 28.2 Å². The van der Waals surface area contributed by atoms with Crippen LogP contribution in [0.5, 0.6) is 0 Å². The molecule has 3 aromatic rings. The predicted molar refractivity (Wildman–Crippen MR) is 98.7 cm³/mol. The largest absolute Gasteiger partial charge is 0.449 e. The zero-order chi connectivity index (χ0) is 22.6. The quantitative estimate of drug-likeness (QED) is 0.547. The maximum Gasteiger partial charge on any atom is 0.449 e. The molecule has 0 unspecified atom stereocenters. The molecule has 3 rings (SSSR count). The Labute approximate surface area is 172 Å².